The van der Waals surface area contributed by atoms with Gasteiger partial charge in [0.15, 0.2) is 0 Å². The SMILES string of the molecule is Cc1ccc(-n2cnc([C@@H]3C[C@@H]3C[C@@H](C)CN)c2)nc1.O=C(O)O. The Balaban J connectivity index is 0.000000471. The first-order valence-electron chi connectivity index (χ1n) is 7.99. The molecule has 0 aliphatic heterocycles. The minimum atomic E-state index is -1.83. The number of aromatic nitrogens is 3. The number of aryl methyl sites for hydroxylation is 1. The first-order valence-corrected chi connectivity index (χ1v) is 7.99. The molecule has 1 aliphatic rings. The van der Waals surface area contributed by atoms with Crippen LogP contribution in [0.3, 0.4) is 0 Å². The second-order valence-electron chi connectivity index (χ2n) is 6.36. The monoisotopic (exact) mass is 332 g/mol. The van der Waals surface area contributed by atoms with E-state index in [9.17, 15) is 0 Å². The van der Waals surface area contributed by atoms with Crippen LogP contribution in [0.5, 0.6) is 0 Å². The van der Waals surface area contributed by atoms with E-state index in [0.29, 0.717) is 11.8 Å². The normalized spacial score (nSPS) is 20.0. The van der Waals surface area contributed by atoms with Crippen molar-refractivity contribution >= 4 is 6.16 Å². The van der Waals surface area contributed by atoms with Gasteiger partial charge in [-0.05, 0) is 49.8 Å². The Morgan fingerprint density at radius 3 is 2.71 bits per heavy atom. The molecule has 0 spiro atoms. The van der Waals surface area contributed by atoms with Crippen molar-refractivity contribution in [2.45, 2.75) is 32.6 Å². The molecule has 7 heteroatoms. The molecular weight excluding hydrogens is 308 g/mol. The number of carboxylic acid groups (broad SMARTS) is 2. The van der Waals surface area contributed by atoms with Gasteiger partial charge >= 0.3 is 6.16 Å². The highest BCUT2D eigenvalue weighted by Crippen LogP contribution is 2.50. The minimum Gasteiger partial charge on any atom is -0.450 e. The van der Waals surface area contributed by atoms with Crippen LogP contribution in [0.2, 0.25) is 0 Å². The van der Waals surface area contributed by atoms with Crippen molar-refractivity contribution in [3.8, 4) is 5.82 Å². The lowest BCUT2D eigenvalue weighted by Gasteiger charge is -2.06. The maximum Gasteiger partial charge on any atom is 0.503 e. The van der Waals surface area contributed by atoms with Gasteiger partial charge in [-0.2, -0.15) is 0 Å². The fourth-order valence-corrected chi connectivity index (χ4v) is 2.75. The summed E-state index contributed by atoms with van der Waals surface area (Å²) < 4.78 is 2.01. The van der Waals surface area contributed by atoms with Gasteiger partial charge in [0.25, 0.3) is 0 Å². The third-order valence-electron chi connectivity index (χ3n) is 4.17. The van der Waals surface area contributed by atoms with E-state index in [1.54, 1.807) is 0 Å². The lowest BCUT2D eigenvalue weighted by Crippen LogP contribution is -2.11. The largest absolute Gasteiger partial charge is 0.503 e. The third kappa shape index (κ3) is 5.06. The zero-order chi connectivity index (χ0) is 17.7. The highest BCUT2D eigenvalue weighted by Gasteiger charge is 2.40. The summed E-state index contributed by atoms with van der Waals surface area (Å²) in [4.78, 5) is 17.5. The third-order valence-corrected chi connectivity index (χ3v) is 4.17. The van der Waals surface area contributed by atoms with E-state index >= 15 is 0 Å². The minimum absolute atomic E-state index is 0.617. The summed E-state index contributed by atoms with van der Waals surface area (Å²) in [5.74, 6) is 2.94. The molecule has 0 amide bonds. The van der Waals surface area contributed by atoms with E-state index in [1.807, 2.05) is 30.1 Å². The summed E-state index contributed by atoms with van der Waals surface area (Å²) in [5.41, 5.74) is 8.07. The summed E-state index contributed by atoms with van der Waals surface area (Å²) in [6.45, 7) is 5.05. The molecule has 2 aromatic rings. The molecule has 1 aliphatic carbocycles. The van der Waals surface area contributed by atoms with Crippen LogP contribution in [0.25, 0.3) is 5.82 Å². The number of hydrogen-bond donors (Lipinski definition) is 3. The second kappa shape index (κ2) is 7.92. The van der Waals surface area contributed by atoms with Gasteiger partial charge < -0.3 is 15.9 Å². The van der Waals surface area contributed by atoms with Crippen LogP contribution >= 0.6 is 0 Å². The van der Waals surface area contributed by atoms with E-state index < -0.39 is 6.16 Å². The Morgan fingerprint density at radius 1 is 1.42 bits per heavy atom. The Morgan fingerprint density at radius 2 is 2.12 bits per heavy atom. The first-order chi connectivity index (χ1) is 11.4. The van der Waals surface area contributed by atoms with Crippen LogP contribution in [-0.2, 0) is 0 Å². The van der Waals surface area contributed by atoms with Gasteiger partial charge in [-0.1, -0.05) is 13.0 Å². The van der Waals surface area contributed by atoms with Gasteiger partial charge in [-0.15, -0.1) is 0 Å². The lowest BCUT2D eigenvalue weighted by atomic mass is 10.0. The molecule has 1 fully saturated rings. The summed E-state index contributed by atoms with van der Waals surface area (Å²) in [6.07, 6.45) is 6.52. The number of pyridine rings is 1. The first kappa shape index (κ1) is 17.9. The van der Waals surface area contributed by atoms with Gasteiger partial charge in [-0.3, -0.25) is 4.57 Å². The van der Waals surface area contributed by atoms with Crippen molar-refractivity contribution < 1.29 is 15.0 Å². The van der Waals surface area contributed by atoms with Gasteiger partial charge in [-0.25, -0.2) is 14.8 Å². The molecular formula is C17H24N4O3. The molecule has 0 aromatic carbocycles. The van der Waals surface area contributed by atoms with Crippen molar-refractivity contribution in [2.24, 2.45) is 17.6 Å². The van der Waals surface area contributed by atoms with Crippen molar-refractivity contribution in [3.63, 3.8) is 0 Å². The molecule has 24 heavy (non-hydrogen) atoms. The van der Waals surface area contributed by atoms with Gasteiger partial charge in [0.1, 0.15) is 12.1 Å². The molecule has 0 unspecified atom stereocenters. The van der Waals surface area contributed by atoms with Gasteiger partial charge in [0.2, 0.25) is 0 Å². The highest BCUT2D eigenvalue weighted by molar-refractivity contribution is 5.53. The molecule has 2 heterocycles. The molecule has 1 saturated carbocycles. The van der Waals surface area contributed by atoms with Crippen LogP contribution in [-0.4, -0.2) is 37.4 Å². The Bertz CT molecular complexity index is 665. The zero-order valence-electron chi connectivity index (χ0n) is 14.0. The second-order valence-corrected chi connectivity index (χ2v) is 6.36. The molecule has 0 radical (unpaired) electrons. The van der Waals surface area contributed by atoms with Crippen molar-refractivity contribution in [3.05, 3.63) is 42.1 Å². The molecule has 0 saturated heterocycles. The average molecular weight is 332 g/mol. The fraction of sp³-hybridized carbons (Fsp3) is 0.471. The van der Waals surface area contributed by atoms with Crippen molar-refractivity contribution in [1.82, 2.24) is 14.5 Å². The van der Waals surface area contributed by atoms with Gasteiger partial charge in [0, 0.05) is 18.3 Å². The molecule has 4 N–H and O–H groups in total. The number of nitrogens with two attached hydrogens (primary N) is 1. The maximum atomic E-state index is 8.56. The number of rotatable bonds is 5. The Labute approximate surface area is 141 Å². The zero-order valence-corrected chi connectivity index (χ0v) is 14.0. The van der Waals surface area contributed by atoms with Crippen LogP contribution in [0, 0.1) is 18.8 Å². The molecule has 7 nitrogen and oxygen atoms in total. The van der Waals surface area contributed by atoms with E-state index in [-0.39, 0.29) is 0 Å². The molecule has 2 aromatic heterocycles. The van der Waals surface area contributed by atoms with Crippen LogP contribution < -0.4 is 5.73 Å². The summed E-state index contributed by atoms with van der Waals surface area (Å²) in [7, 11) is 0. The molecule has 130 valence electrons. The summed E-state index contributed by atoms with van der Waals surface area (Å²) in [6, 6.07) is 4.10. The summed E-state index contributed by atoms with van der Waals surface area (Å²) >= 11 is 0. The Hall–Kier alpha value is -2.41. The smallest absolute Gasteiger partial charge is 0.450 e. The Kier molecular flexibility index (Phi) is 5.92. The van der Waals surface area contributed by atoms with Crippen LogP contribution in [0.1, 0.15) is 36.9 Å². The van der Waals surface area contributed by atoms with Crippen LogP contribution in [0.4, 0.5) is 4.79 Å². The highest BCUT2D eigenvalue weighted by atomic mass is 16.6. The standard InChI is InChI=1S/C16H22N4.CH2O3/c1-11-3-4-16(18-8-11)20-9-15(19-10-20)14-6-13(14)5-12(2)7-17;2-1(3)4/h3-4,8-10,12-14H,5-7,17H2,1-2H3;(H2,2,3,4)/t12-,13+,14-;/m1./s1. The number of hydrogen-bond acceptors (Lipinski definition) is 4. The topological polar surface area (TPSA) is 114 Å². The molecule has 0 bridgehead atoms. The number of nitrogens with zero attached hydrogens (tertiary/aromatic N) is 3. The van der Waals surface area contributed by atoms with E-state index in [2.05, 4.69) is 29.2 Å². The fourth-order valence-electron chi connectivity index (χ4n) is 2.75. The summed E-state index contributed by atoms with van der Waals surface area (Å²) in [5, 5.41) is 13.9. The molecule has 3 rings (SSSR count). The van der Waals surface area contributed by atoms with Crippen LogP contribution in [0.15, 0.2) is 30.9 Å². The quantitative estimate of drug-likeness (QED) is 0.775. The number of carbonyl (C=O) groups is 1. The van der Waals surface area contributed by atoms with E-state index in [0.717, 1.165) is 18.3 Å². The number of imidazole rings is 1. The van der Waals surface area contributed by atoms with E-state index in [1.165, 1.54) is 24.1 Å². The predicted molar refractivity (Wildman–Crippen MR) is 90.4 cm³/mol. The average Bonchev–Trinajstić information content (AvgIpc) is 3.11. The van der Waals surface area contributed by atoms with Crippen molar-refractivity contribution in [2.75, 3.05) is 6.54 Å². The lowest BCUT2D eigenvalue weighted by molar-refractivity contribution is 0.137. The van der Waals surface area contributed by atoms with Crippen molar-refractivity contribution in [1.29, 1.82) is 0 Å². The molecule has 3 atom stereocenters. The van der Waals surface area contributed by atoms with E-state index in [4.69, 9.17) is 20.7 Å². The maximum absolute atomic E-state index is 8.56. The predicted octanol–water partition coefficient (Wildman–Crippen LogP) is 2.89. The van der Waals surface area contributed by atoms with Gasteiger partial charge in [0.05, 0.1) is 5.69 Å².